The molecule has 2 unspecified atom stereocenters. The number of para-hydroxylation sites is 1. The van der Waals surface area contributed by atoms with Gasteiger partial charge >= 0.3 is 0 Å². The zero-order chi connectivity index (χ0) is 33.3. The number of benzene rings is 2. The summed E-state index contributed by atoms with van der Waals surface area (Å²) < 4.78 is 0.893. The lowest BCUT2D eigenvalue weighted by atomic mass is 9.70. The summed E-state index contributed by atoms with van der Waals surface area (Å²) in [5.41, 5.74) is 2.51. The fourth-order valence-corrected chi connectivity index (χ4v) is 10.1. The minimum absolute atomic E-state index is 0.0618. The quantitative estimate of drug-likeness (QED) is 0.260. The van der Waals surface area contributed by atoms with Crippen molar-refractivity contribution < 1.29 is 19.5 Å². The molecule has 248 valence electrons. The average Bonchev–Trinajstić information content (AvgIpc) is 3.84. The Hall–Kier alpha value is -3.96. The molecule has 6 rings (SSSR count). The predicted molar refractivity (Wildman–Crippen MR) is 183 cm³/mol. The number of aliphatic hydroxyl groups is 1. The van der Waals surface area contributed by atoms with E-state index >= 15 is 0 Å². The van der Waals surface area contributed by atoms with E-state index in [2.05, 4.69) is 23.5 Å². The van der Waals surface area contributed by atoms with Crippen LogP contribution in [0.15, 0.2) is 79.9 Å². The van der Waals surface area contributed by atoms with Gasteiger partial charge in [0.15, 0.2) is 0 Å². The lowest BCUT2D eigenvalue weighted by molar-refractivity contribution is -0.148. The van der Waals surface area contributed by atoms with Gasteiger partial charge in [0.2, 0.25) is 17.7 Å². The van der Waals surface area contributed by atoms with E-state index in [4.69, 9.17) is 0 Å². The lowest BCUT2D eigenvalue weighted by Gasteiger charge is -2.41. The van der Waals surface area contributed by atoms with Crippen molar-refractivity contribution in [2.75, 3.05) is 19.7 Å². The first kappa shape index (κ1) is 33.0. The van der Waals surface area contributed by atoms with Crippen molar-refractivity contribution in [2.45, 2.75) is 68.4 Å². The number of aliphatic hydroxyl groups excluding tert-OH is 1. The molecule has 3 aliphatic rings. The van der Waals surface area contributed by atoms with Gasteiger partial charge in [-0.15, -0.1) is 30.0 Å². The summed E-state index contributed by atoms with van der Waals surface area (Å²) in [5.74, 6) is -1.83. The number of carbonyl (C=O) groups excluding carboxylic acids is 3. The molecule has 3 saturated heterocycles. The van der Waals surface area contributed by atoms with Crippen molar-refractivity contribution >= 4 is 40.5 Å². The molecule has 3 aliphatic heterocycles. The molecule has 10 nitrogen and oxygen atoms in total. The Morgan fingerprint density at radius 2 is 1.79 bits per heavy atom. The molecular weight excluding hydrogens is 613 g/mol. The highest BCUT2D eigenvalue weighted by atomic mass is 32.2. The second-order valence-corrected chi connectivity index (χ2v) is 14.6. The number of fused-ring (bicyclic) bond motifs is 2. The summed E-state index contributed by atoms with van der Waals surface area (Å²) in [6, 6.07) is 16.0. The summed E-state index contributed by atoms with van der Waals surface area (Å²) in [4.78, 5) is 49.4. The van der Waals surface area contributed by atoms with E-state index in [1.54, 1.807) is 43.3 Å². The number of nitrogens with zero attached hydrogens (tertiary/aromatic N) is 6. The van der Waals surface area contributed by atoms with Crippen LogP contribution in [0.1, 0.15) is 38.7 Å². The molecule has 0 saturated carbocycles. The van der Waals surface area contributed by atoms with E-state index in [0.717, 1.165) is 29.4 Å². The number of thioether (sulfide) groups is 1. The maximum Gasteiger partial charge on any atom is 0.248 e. The molecule has 3 amide bonds. The molecule has 0 aliphatic carbocycles. The molecule has 0 radical (unpaired) electrons. The lowest BCUT2D eigenvalue weighted by Crippen LogP contribution is -2.58. The summed E-state index contributed by atoms with van der Waals surface area (Å²) in [6.45, 7) is 12.7. The second kappa shape index (κ2) is 13.6. The highest BCUT2D eigenvalue weighted by molar-refractivity contribution is 8.02. The Labute approximate surface area is 280 Å². The smallest absolute Gasteiger partial charge is 0.248 e. The normalized spacial score (nSPS) is 25.9. The van der Waals surface area contributed by atoms with Crippen LogP contribution in [0.5, 0.6) is 0 Å². The monoisotopic (exact) mass is 656 g/mol. The van der Waals surface area contributed by atoms with Crippen LogP contribution in [0.3, 0.4) is 0 Å². The van der Waals surface area contributed by atoms with Crippen LogP contribution in [0.4, 0.5) is 0 Å². The van der Waals surface area contributed by atoms with Crippen LogP contribution in [0.2, 0.25) is 0 Å². The Kier molecular flexibility index (Phi) is 9.57. The Morgan fingerprint density at radius 1 is 1.09 bits per heavy atom. The number of hydrogen-bond acceptors (Lipinski definition) is 7. The molecule has 1 N–H and O–H groups in total. The maximum atomic E-state index is 15.0. The molecule has 1 aromatic heterocycles. The zero-order valence-electron chi connectivity index (χ0n) is 27.1. The number of amides is 3. The molecule has 47 heavy (non-hydrogen) atoms. The third-order valence-electron chi connectivity index (χ3n) is 10.4. The summed E-state index contributed by atoms with van der Waals surface area (Å²) in [6.07, 6.45) is 5.49. The Balaban J connectivity index is 1.39. The van der Waals surface area contributed by atoms with Crippen molar-refractivity contribution in [3.05, 3.63) is 85.5 Å². The molecular formula is C36H44N6O4S. The molecule has 3 fully saturated rings. The van der Waals surface area contributed by atoms with Crippen molar-refractivity contribution in [2.24, 2.45) is 17.8 Å². The van der Waals surface area contributed by atoms with Crippen molar-refractivity contribution in [1.82, 2.24) is 29.7 Å². The van der Waals surface area contributed by atoms with Gasteiger partial charge in [0, 0.05) is 24.9 Å². The zero-order valence-corrected chi connectivity index (χ0v) is 28.0. The maximum absolute atomic E-state index is 15.0. The molecule has 1 spiro atoms. The number of rotatable bonds is 14. The van der Waals surface area contributed by atoms with Crippen LogP contribution >= 0.6 is 11.8 Å². The summed E-state index contributed by atoms with van der Waals surface area (Å²) >= 11 is 1.64. The van der Waals surface area contributed by atoms with Gasteiger partial charge in [-0.05, 0) is 36.5 Å². The van der Waals surface area contributed by atoms with Gasteiger partial charge in [-0.1, -0.05) is 80.1 Å². The first-order valence-electron chi connectivity index (χ1n) is 16.5. The Morgan fingerprint density at radius 3 is 2.49 bits per heavy atom. The third-order valence-corrected chi connectivity index (χ3v) is 12.3. The first-order chi connectivity index (χ1) is 22.8. The van der Waals surface area contributed by atoms with Gasteiger partial charge in [0.05, 0.1) is 34.7 Å². The van der Waals surface area contributed by atoms with Crippen molar-refractivity contribution in [3.63, 3.8) is 0 Å². The van der Waals surface area contributed by atoms with E-state index < -0.39 is 28.7 Å². The highest BCUT2D eigenvalue weighted by Crippen LogP contribution is 2.67. The summed E-state index contributed by atoms with van der Waals surface area (Å²) in [5, 5.41) is 19.3. The van der Waals surface area contributed by atoms with Crippen LogP contribution in [0, 0.1) is 17.8 Å². The molecule has 11 heteroatoms. The minimum atomic E-state index is -0.851. The third kappa shape index (κ3) is 5.67. The van der Waals surface area contributed by atoms with E-state index in [0.29, 0.717) is 19.5 Å². The molecule has 2 aromatic carbocycles. The van der Waals surface area contributed by atoms with Crippen LogP contribution in [0.25, 0.3) is 11.0 Å². The average molecular weight is 657 g/mol. The summed E-state index contributed by atoms with van der Waals surface area (Å²) in [7, 11) is 0. The van der Waals surface area contributed by atoms with Gasteiger partial charge < -0.3 is 19.8 Å². The fraction of sp³-hybridized carbons (Fsp3) is 0.472. The van der Waals surface area contributed by atoms with E-state index in [1.165, 1.54) is 0 Å². The minimum Gasteiger partial charge on any atom is -0.394 e. The van der Waals surface area contributed by atoms with E-state index in [9.17, 15) is 19.5 Å². The topological polar surface area (TPSA) is 112 Å². The number of likely N-dealkylation sites (tertiary alicyclic amines) is 1. The van der Waals surface area contributed by atoms with Crippen LogP contribution < -0.4 is 0 Å². The van der Waals surface area contributed by atoms with Crippen molar-refractivity contribution in [1.29, 1.82) is 0 Å². The standard InChI is InChI=1S/C36H44N6O4S/c1-5-19-39(21-25-13-9-8-10-14-25)33(44)30-29-17-18-36(47-29)31(30)34(45)42(28(22-43)24(4)7-3)32(36)35(46)40(20-6-2)23-41-27-16-12-11-15-26(27)37-38-41/h5-6,8-16,24,28-32,43H,1-2,7,17-23H2,3-4H3/t24-,28-,29-,30+,31-,32?,36?/m0/s1. The number of hydrogen-bond donors (Lipinski definition) is 1. The van der Waals surface area contributed by atoms with Gasteiger partial charge in [0.1, 0.15) is 18.2 Å². The largest absolute Gasteiger partial charge is 0.394 e. The predicted octanol–water partition coefficient (Wildman–Crippen LogP) is 4.12. The molecule has 4 heterocycles. The second-order valence-electron chi connectivity index (χ2n) is 13.0. The number of carbonyl (C=O) groups is 3. The van der Waals surface area contributed by atoms with Gasteiger partial charge in [-0.2, -0.15) is 0 Å². The first-order valence-corrected chi connectivity index (χ1v) is 17.4. The van der Waals surface area contributed by atoms with Gasteiger partial charge in [0.25, 0.3) is 0 Å². The van der Waals surface area contributed by atoms with E-state index in [-0.39, 0.29) is 48.7 Å². The molecule has 7 atom stereocenters. The highest BCUT2D eigenvalue weighted by Gasteiger charge is 2.74. The van der Waals surface area contributed by atoms with E-state index in [1.807, 2.05) is 68.4 Å². The fourth-order valence-electron chi connectivity index (χ4n) is 7.96. The van der Waals surface area contributed by atoms with Crippen LogP contribution in [-0.2, 0) is 27.6 Å². The van der Waals surface area contributed by atoms with Crippen molar-refractivity contribution in [3.8, 4) is 0 Å². The molecule has 2 bridgehead atoms. The SMILES string of the molecule is C=CCN(Cn1nnc2ccccc21)C(=O)C1N([C@@H](CO)[C@@H](C)CC)C(=O)[C@@H]2[C@H](C(=O)N(CC=C)Cc3ccccc3)[C@@H]3CCC12S3. The van der Waals surface area contributed by atoms with Gasteiger partial charge in [-0.25, -0.2) is 4.68 Å². The van der Waals surface area contributed by atoms with Gasteiger partial charge in [-0.3, -0.25) is 14.4 Å². The number of aromatic nitrogens is 3. The Bertz CT molecular complexity index is 1650. The van der Waals surface area contributed by atoms with Crippen LogP contribution in [-0.4, -0.2) is 94.3 Å². The molecule has 3 aromatic rings.